The van der Waals surface area contributed by atoms with E-state index in [-0.39, 0.29) is 12.1 Å². The van der Waals surface area contributed by atoms with Crippen LogP contribution in [0.4, 0.5) is 0 Å². The number of aromatic nitrogens is 2. The number of allylic oxidation sites excluding steroid dienone is 1. The molecule has 3 rings (SSSR count). The van der Waals surface area contributed by atoms with Gasteiger partial charge in [0, 0.05) is 12.1 Å². The minimum Gasteiger partial charge on any atom is -0.493 e. The number of nitrogens with zero attached hydrogens (tertiary/aromatic N) is 3. The van der Waals surface area contributed by atoms with Crippen LogP contribution in [0.2, 0.25) is 0 Å². The molecule has 2 aromatic rings. The maximum Gasteiger partial charge on any atom is 0.243 e. The third kappa shape index (κ3) is 4.50. The van der Waals surface area contributed by atoms with Crippen LogP contribution in [-0.4, -0.2) is 34.8 Å². The van der Waals surface area contributed by atoms with E-state index < -0.39 is 0 Å². The Hall–Kier alpha value is -2.34. The molecule has 1 aliphatic rings. The summed E-state index contributed by atoms with van der Waals surface area (Å²) < 4.78 is 17.1. The van der Waals surface area contributed by atoms with Gasteiger partial charge in [-0.15, -0.1) is 6.58 Å². The third-order valence-electron chi connectivity index (χ3n) is 4.71. The summed E-state index contributed by atoms with van der Waals surface area (Å²) in [5.74, 6) is 2.97. The van der Waals surface area contributed by atoms with Crippen molar-refractivity contribution in [1.29, 1.82) is 0 Å². The van der Waals surface area contributed by atoms with E-state index in [0.717, 1.165) is 49.4 Å². The average molecular weight is 371 g/mol. The van der Waals surface area contributed by atoms with E-state index in [4.69, 9.17) is 14.0 Å². The van der Waals surface area contributed by atoms with Crippen LogP contribution in [0.15, 0.2) is 29.3 Å². The highest BCUT2D eigenvalue weighted by Crippen LogP contribution is 2.37. The van der Waals surface area contributed by atoms with Crippen molar-refractivity contribution in [3.05, 3.63) is 47.6 Å². The molecule has 1 fully saturated rings. The van der Waals surface area contributed by atoms with Crippen LogP contribution in [0.5, 0.6) is 11.5 Å². The molecule has 2 heterocycles. The smallest absolute Gasteiger partial charge is 0.243 e. The standard InChI is InChI=1S/C21H29N3O3/c1-6-8-17-11-16(12-19(25-5)20(17)26-14(2)3)13-24-10-7-9-18(24)21-22-15(4)23-27-21/h6,11-12,14,18H,1,7-10,13H2,2-5H3/t18-/m0/s1. The number of hydrogen-bond donors (Lipinski definition) is 0. The molecule has 0 saturated carbocycles. The molecule has 0 aliphatic carbocycles. The first kappa shape index (κ1) is 19.4. The van der Waals surface area contributed by atoms with Gasteiger partial charge < -0.3 is 14.0 Å². The Kier molecular flexibility index (Phi) is 6.16. The van der Waals surface area contributed by atoms with Crippen molar-refractivity contribution in [2.75, 3.05) is 13.7 Å². The lowest BCUT2D eigenvalue weighted by atomic mass is 10.0. The quantitative estimate of drug-likeness (QED) is 0.647. The lowest BCUT2D eigenvalue weighted by molar-refractivity contribution is 0.200. The number of benzene rings is 1. The van der Waals surface area contributed by atoms with E-state index in [0.29, 0.717) is 11.7 Å². The molecule has 1 aromatic heterocycles. The van der Waals surface area contributed by atoms with E-state index in [1.54, 1.807) is 7.11 Å². The van der Waals surface area contributed by atoms with Gasteiger partial charge in [0.1, 0.15) is 0 Å². The summed E-state index contributed by atoms with van der Waals surface area (Å²) in [4.78, 5) is 6.83. The Morgan fingerprint density at radius 2 is 2.22 bits per heavy atom. The van der Waals surface area contributed by atoms with Crippen molar-refractivity contribution in [2.24, 2.45) is 0 Å². The molecule has 1 aromatic carbocycles. The maximum atomic E-state index is 6.02. The summed E-state index contributed by atoms with van der Waals surface area (Å²) in [5, 5.41) is 3.95. The second-order valence-corrected chi connectivity index (χ2v) is 7.25. The molecule has 0 spiro atoms. The van der Waals surface area contributed by atoms with Crippen molar-refractivity contribution in [3.8, 4) is 11.5 Å². The first-order valence-electron chi connectivity index (χ1n) is 9.53. The number of ether oxygens (including phenoxy) is 2. The Morgan fingerprint density at radius 3 is 2.85 bits per heavy atom. The SMILES string of the molecule is C=CCc1cc(CN2CCC[C@H]2c2nc(C)no2)cc(OC)c1OC(C)C. The largest absolute Gasteiger partial charge is 0.493 e. The molecule has 0 N–H and O–H groups in total. The zero-order valence-electron chi connectivity index (χ0n) is 16.7. The number of methoxy groups -OCH3 is 1. The minimum atomic E-state index is 0.0806. The van der Waals surface area contributed by atoms with Gasteiger partial charge in [-0.2, -0.15) is 4.98 Å². The summed E-state index contributed by atoms with van der Waals surface area (Å²) in [5.41, 5.74) is 2.28. The second kappa shape index (κ2) is 8.57. The van der Waals surface area contributed by atoms with Crippen molar-refractivity contribution < 1.29 is 14.0 Å². The zero-order chi connectivity index (χ0) is 19.4. The molecular weight excluding hydrogens is 342 g/mol. The topological polar surface area (TPSA) is 60.6 Å². The molecule has 1 atom stereocenters. The van der Waals surface area contributed by atoms with Crippen LogP contribution >= 0.6 is 0 Å². The number of hydrogen-bond acceptors (Lipinski definition) is 6. The molecule has 0 amide bonds. The lowest BCUT2D eigenvalue weighted by Crippen LogP contribution is -2.23. The Bertz CT molecular complexity index is 785. The number of rotatable bonds is 8. The first-order valence-corrected chi connectivity index (χ1v) is 9.53. The Labute approximate surface area is 161 Å². The van der Waals surface area contributed by atoms with Crippen LogP contribution in [0.25, 0.3) is 0 Å². The maximum absolute atomic E-state index is 6.02. The highest BCUT2D eigenvalue weighted by Gasteiger charge is 2.30. The van der Waals surface area contributed by atoms with Crippen LogP contribution in [-0.2, 0) is 13.0 Å². The lowest BCUT2D eigenvalue weighted by Gasteiger charge is -2.23. The van der Waals surface area contributed by atoms with Crippen LogP contribution in [0.3, 0.4) is 0 Å². The van der Waals surface area contributed by atoms with Crippen molar-refractivity contribution in [2.45, 2.75) is 58.7 Å². The average Bonchev–Trinajstić information content (AvgIpc) is 3.25. The van der Waals surface area contributed by atoms with Crippen molar-refractivity contribution in [3.63, 3.8) is 0 Å². The first-order chi connectivity index (χ1) is 13.0. The molecule has 27 heavy (non-hydrogen) atoms. The van der Waals surface area contributed by atoms with Gasteiger partial charge >= 0.3 is 0 Å². The highest BCUT2D eigenvalue weighted by atomic mass is 16.5. The normalized spacial score (nSPS) is 17.4. The summed E-state index contributed by atoms with van der Waals surface area (Å²) in [7, 11) is 1.68. The fourth-order valence-electron chi connectivity index (χ4n) is 3.62. The summed E-state index contributed by atoms with van der Waals surface area (Å²) >= 11 is 0. The van der Waals surface area contributed by atoms with Crippen molar-refractivity contribution in [1.82, 2.24) is 15.0 Å². The fraction of sp³-hybridized carbons (Fsp3) is 0.524. The van der Waals surface area contributed by atoms with Gasteiger partial charge in [-0.3, -0.25) is 4.90 Å². The van der Waals surface area contributed by atoms with E-state index in [1.807, 2.05) is 26.8 Å². The van der Waals surface area contributed by atoms with Crippen molar-refractivity contribution >= 4 is 0 Å². The zero-order valence-corrected chi connectivity index (χ0v) is 16.7. The molecule has 146 valence electrons. The predicted molar refractivity (Wildman–Crippen MR) is 104 cm³/mol. The highest BCUT2D eigenvalue weighted by molar-refractivity contribution is 5.50. The van der Waals surface area contributed by atoms with Gasteiger partial charge in [-0.05, 0) is 58.2 Å². The van der Waals surface area contributed by atoms with E-state index in [2.05, 4.69) is 33.8 Å². The number of likely N-dealkylation sites (tertiary alicyclic amines) is 1. The second-order valence-electron chi connectivity index (χ2n) is 7.25. The molecular formula is C21H29N3O3. The number of aryl methyl sites for hydroxylation is 1. The molecule has 0 radical (unpaired) electrons. The predicted octanol–water partition coefficient (Wildman–Crippen LogP) is 4.24. The van der Waals surface area contributed by atoms with Gasteiger partial charge in [0.05, 0.1) is 19.3 Å². The fourth-order valence-corrected chi connectivity index (χ4v) is 3.62. The van der Waals surface area contributed by atoms with Gasteiger partial charge in [-0.1, -0.05) is 17.3 Å². The molecule has 0 bridgehead atoms. The Balaban J connectivity index is 1.87. The summed E-state index contributed by atoms with van der Waals surface area (Å²) in [6.07, 6.45) is 4.87. The van der Waals surface area contributed by atoms with Gasteiger partial charge in [-0.25, -0.2) is 0 Å². The van der Waals surface area contributed by atoms with Gasteiger partial charge in [0.15, 0.2) is 17.3 Å². The molecule has 0 unspecified atom stereocenters. The van der Waals surface area contributed by atoms with Gasteiger partial charge in [0.25, 0.3) is 0 Å². The third-order valence-corrected chi connectivity index (χ3v) is 4.71. The summed E-state index contributed by atoms with van der Waals surface area (Å²) in [6, 6.07) is 4.43. The van der Waals surface area contributed by atoms with E-state index in [9.17, 15) is 0 Å². The molecule has 6 heteroatoms. The van der Waals surface area contributed by atoms with Crippen LogP contribution in [0.1, 0.15) is 55.6 Å². The van der Waals surface area contributed by atoms with Crippen LogP contribution < -0.4 is 9.47 Å². The molecule has 1 saturated heterocycles. The van der Waals surface area contributed by atoms with E-state index in [1.165, 1.54) is 5.56 Å². The molecule has 6 nitrogen and oxygen atoms in total. The minimum absolute atomic E-state index is 0.0806. The Morgan fingerprint density at radius 1 is 1.41 bits per heavy atom. The summed E-state index contributed by atoms with van der Waals surface area (Å²) in [6.45, 7) is 11.6. The monoisotopic (exact) mass is 371 g/mol. The molecule has 1 aliphatic heterocycles. The van der Waals surface area contributed by atoms with Gasteiger partial charge in [0.2, 0.25) is 5.89 Å². The van der Waals surface area contributed by atoms with Crippen LogP contribution in [0, 0.1) is 6.92 Å². The van der Waals surface area contributed by atoms with E-state index >= 15 is 0 Å².